The van der Waals surface area contributed by atoms with Gasteiger partial charge in [0.2, 0.25) is 0 Å². The molecule has 0 heterocycles. The molecule has 0 aromatic carbocycles. The van der Waals surface area contributed by atoms with Crippen molar-refractivity contribution in [3.05, 3.63) is 0 Å². The van der Waals surface area contributed by atoms with Crippen molar-refractivity contribution in [1.82, 2.24) is 10.2 Å². The highest BCUT2D eigenvalue weighted by molar-refractivity contribution is 5.13. The molecule has 0 amide bonds. The van der Waals surface area contributed by atoms with Gasteiger partial charge in [-0.25, -0.2) is 0 Å². The summed E-state index contributed by atoms with van der Waals surface area (Å²) < 4.78 is 0. The van der Waals surface area contributed by atoms with Gasteiger partial charge in [0.25, 0.3) is 0 Å². The third kappa shape index (κ3) is 2.70. The van der Waals surface area contributed by atoms with E-state index in [9.17, 15) is 5.26 Å². The summed E-state index contributed by atoms with van der Waals surface area (Å²) in [6.07, 6.45) is 8.60. The van der Waals surface area contributed by atoms with E-state index in [1.165, 1.54) is 25.7 Å². The van der Waals surface area contributed by atoms with Crippen LogP contribution in [0.4, 0.5) is 0 Å². The third-order valence-corrected chi connectivity index (χ3v) is 5.24. The Bertz CT molecular complexity index is 322. The van der Waals surface area contributed by atoms with Crippen molar-refractivity contribution in [1.29, 1.82) is 5.26 Å². The summed E-state index contributed by atoms with van der Waals surface area (Å²) in [5.41, 5.74) is -0.265. The van der Waals surface area contributed by atoms with Gasteiger partial charge < -0.3 is 10.2 Å². The summed E-state index contributed by atoms with van der Waals surface area (Å²) in [4.78, 5) is 2.58. The number of hydrogen-bond acceptors (Lipinski definition) is 3. The minimum atomic E-state index is -0.265. The lowest BCUT2D eigenvalue weighted by Gasteiger charge is -2.38. The van der Waals surface area contributed by atoms with Crippen LogP contribution in [0.15, 0.2) is 0 Å². The molecule has 0 radical (unpaired) electrons. The van der Waals surface area contributed by atoms with Crippen molar-refractivity contribution < 1.29 is 0 Å². The number of nitrogens with zero attached hydrogens (tertiary/aromatic N) is 2. The highest BCUT2D eigenvalue weighted by Gasteiger charge is 2.41. The monoisotopic (exact) mass is 249 g/mol. The maximum absolute atomic E-state index is 9.34. The second-order valence-corrected chi connectivity index (χ2v) is 6.43. The van der Waals surface area contributed by atoms with Gasteiger partial charge in [-0.1, -0.05) is 19.8 Å². The van der Waals surface area contributed by atoms with Gasteiger partial charge in [-0.2, -0.15) is 5.26 Å². The summed E-state index contributed by atoms with van der Waals surface area (Å²) in [7, 11) is 4.20. The molecule has 0 saturated heterocycles. The Morgan fingerprint density at radius 2 is 2.06 bits per heavy atom. The zero-order valence-corrected chi connectivity index (χ0v) is 12.1. The molecule has 4 atom stereocenters. The van der Waals surface area contributed by atoms with E-state index < -0.39 is 0 Å². The Hall–Kier alpha value is -0.590. The number of hydrogen-bond donors (Lipinski definition) is 1. The fourth-order valence-electron chi connectivity index (χ4n) is 3.82. The molecule has 2 saturated carbocycles. The standard InChI is InChI=1S/C15H27N3/c1-12-5-4-6-13(9-12)18(3)14-7-8-15(10-14,11-16)17-2/h12-14,17H,4-10H2,1-3H3. The highest BCUT2D eigenvalue weighted by atomic mass is 15.2. The van der Waals surface area contributed by atoms with Gasteiger partial charge in [0.15, 0.2) is 0 Å². The summed E-state index contributed by atoms with van der Waals surface area (Å²) in [5.74, 6) is 0.873. The molecule has 2 aliphatic rings. The van der Waals surface area contributed by atoms with Crippen molar-refractivity contribution >= 4 is 0 Å². The van der Waals surface area contributed by atoms with E-state index in [1.807, 2.05) is 7.05 Å². The minimum Gasteiger partial charge on any atom is -0.302 e. The summed E-state index contributed by atoms with van der Waals surface area (Å²) in [5, 5.41) is 12.6. The Kier molecular flexibility index (Phi) is 4.29. The lowest BCUT2D eigenvalue weighted by molar-refractivity contribution is 0.117. The lowest BCUT2D eigenvalue weighted by Crippen LogP contribution is -2.45. The smallest absolute Gasteiger partial charge is 0.108 e. The maximum Gasteiger partial charge on any atom is 0.108 e. The molecule has 18 heavy (non-hydrogen) atoms. The van der Waals surface area contributed by atoms with Crippen molar-refractivity contribution in [2.45, 2.75) is 69.5 Å². The number of nitriles is 1. The van der Waals surface area contributed by atoms with E-state index in [0.717, 1.165) is 31.2 Å². The second-order valence-electron chi connectivity index (χ2n) is 6.43. The number of rotatable bonds is 3. The molecule has 3 nitrogen and oxygen atoms in total. The summed E-state index contributed by atoms with van der Waals surface area (Å²) in [6.45, 7) is 2.38. The molecule has 0 aromatic rings. The average Bonchev–Trinajstić information content (AvgIpc) is 2.83. The molecule has 4 unspecified atom stereocenters. The largest absolute Gasteiger partial charge is 0.302 e. The molecule has 2 aliphatic carbocycles. The molecule has 0 aliphatic heterocycles. The van der Waals surface area contributed by atoms with Gasteiger partial charge in [0, 0.05) is 12.1 Å². The summed E-state index contributed by atoms with van der Waals surface area (Å²) >= 11 is 0. The molecule has 1 N–H and O–H groups in total. The van der Waals surface area contributed by atoms with Crippen molar-refractivity contribution in [2.75, 3.05) is 14.1 Å². The van der Waals surface area contributed by atoms with Crippen LogP contribution in [0.1, 0.15) is 51.9 Å². The molecule has 102 valence electrons. The zero-order valence-electron chi connectivity index (χ0n) is 12.1. The molecular formula is C15H27N3. The van der Waals surface area contributed by atoms with E-state index in [0.29, 0.717) is 6.04 Å². The van der Waals surface area contributed by atoms with Crippen LogP contribution < -0.4 is 5.32 Å². The van der Waals surface area contributed by atoms with Crippen LogP contribution in [0.5, 0.6) is 0 Å². The molecule has 3 heteroatoms. The first-order valence-corrected chi connectivity index (χ1v) is 7.42. The molecular weight excluding hydrogens is 222 g/mol. The van der Waals surface area contributed by atoms with Gasteiger partial charge >= 0.3 is 0 Å². The Morgan fingerprint density at radius 3 is 2.61 bits per heavy atom. The minimum absolute atomic E-state index is 0.265. The quantitative estimate of drug-likeness (QED) is 0.835. The topological polar surface area (TPSA) is 39.1 Å². The van der Waals surface area contributed by atoms with Gasteiger partial charge in [-0.15, -0.1) is 0 Å². The highest BCUT2D eigenvalue weighted by Crippen LogP contribution is 2.35. The van der Waals surface area contributed by atoms with Gasteiger partial charge in [0.05, 0.1) is 6.07 Å². The fraction of sp³-hybridized carbons (Fsp3) is 0.933. The normalized spacial score (nSPS) is 40.9. The van der Waals surface area contributed by atoms with Crippen molar-refractivity contribution in [2.24, 2.45) is 5.92 Å². The predicted octanol–water partition coefficient (Wildman–Crippen LogP) is 2.53. The van der Waals surface area contributed by atoms with E-state index >= 15 is 0 Å². The van der Waals surface area contributed by atoms with Crippen molar-refractivity contribution in [3.8, 4) is 6.07 Å². The van der Waals surface area contributed by atoms with Crippen LogP contribution in [0, 0.1) is 17.2 Å². The van der Waals surface area contributed by atoms with E-state index in [-0.39, 0.29) is 5.54 Å². The fourth-order valence-corrected chi connectivity index (χ4v) is 3.82. The van der Waals surface area contributed by atoms with Crippen LogP contribution in [0.25, 0.3) is 0 Å². The predicted molar refractivity (Wildman–Crippen MR) is 74.2 cm³/mol. The van der Waals surface area contributed by atoms with E-state index in [2.05, 4.69) is 30.3 Å². The summed E-state index contributed by atoms with van der Waals surface area (Å²) in [6, 6.07) is 3.82. The lowest BCUT2D eigenvalue weighted by atomic mass is 9.85. The molecule has 0 aromatic heterocycles. The molecule has 2 rings (SSSR count). The van der Waals surface area contributed by atoms with Gasteiger partial charge in [-0.05, 0) is 52.1 Å². The zero-order chi connectivity index (χ0) is 13.2. The Balaban J connectivity index is 1.95. The van der Waals surface area contributed by atoms with Crippen LogP contribution in [-0.4, -0.2) is 36.6 Å². The van der Waals surface area contributed by atoms with Crippen LogP contribution in [0.3, 0.4) is 0 Å². The SMILES string of the molecule is CNC1(C#N)CCC(N(C)C2CCCC(C)C2)C1. The van der Waals surface area contributed by atoms with Gasteiger partial charge in [0.1, 0.15) is 5.54 Å². The Labute approximate surface area is 112 Å². The first-order valence-electron chi connectivity index (χ1n) is 7.42. The van der Waals surface area contributed by atoms with Crippen molar-refractivity contribution in [3.63, 3.8) is 0 Å². The first kappa shape index (κ1) is 13.8. The Morgan fingerprint density at radius 1 is 1.28 bits per heavy atom. The first-order chi connectivity index (χ1) is 8.60. The van der Waals surface area contributed by atoms with Crippen LogP contribution in [-0.2, 0) is 0 Å². The maximum atomic E-state index is 9.34. The molecule has 0 spiro atoms. The van der Waals surface area contributed by atoms with Gasteiger partial charge in [-0.3, -0.25) is 0 Å². The molecule has 0 bridgehead atoms. The van der Waals surface area contributed by atoms with E-state index in [4.69, 9.17) is 0 Å². The second kappa shape index (κ2) is 5.59. The van der Waals surface area contributed by atoms with Crippen LogP contribution >= 0.6 is 0 Å². The third-order valence-electron chi connectivity index (χ3n) is 5.24. The molecule has 2 fully saturated rings. The van der Waals surface area contributed by atoms with Crippen LogP contribution in [0.2, 0.25) is 0 Å². The average molecular weight is 249 g/mol. The van der Waals surface area contributed by atoms with E-state index in [1.54, 1.807) is 0 Å². The number of nitrogens with one attached hydrogen (secondary N) is 1.